The maximum absolute atomic E-state index is 12.2. The number of pyridine rings is 1. The Labute approximate surface area is 104 Å². The molecule has 2 heterocycles. The Morgan fingerprint density at radius 3 is 2.17 bits per heavy atom. The van der Waals surface area contributed by atoms with Crippen LogP contribution < -0.4 is 10.6 Å². The number of nitrogen functional groups attached to an aromatic ring is 1. The van der Waals surface area contributed by atoms with E-state index in [1.807, 2.05) is 0 Å². The zero-order valence-electron chi connectivity index (χ0n) is 9.85. The standard InChI is InChI=1S/C13H13N3O2/c14-8-5-6-11(15-7-8)16-12(17)9-3-1-2-4-10(9)13(16)18/h5-7H,1-4,14H2. The lowest BCUT2D eigenvalue weighted by Crippen LogP contribution is -2.32. The number of hydrogen-bond donors (Lipinski definition) is 1. The van der Waals surface area contributed by atoms with Crippen molar-refractivity contribution in [3.8, 4) is 0 Å². The van der Waals surface area contributed by atoms with E-state index in [1.54, 1.807) is 12.1 Å². The summed E-state index contributed by atoms with van der Waals surface area (Å²) in [6.07, 6.45) is 4.80. The summed E-state index contributed by atoms with van der Waals surface area (Å²) in [4.78, 5) is 29.6. The average molecular weight is 243 g/mol. The van der Waals surface area contributed by atoms with Gasteiger partial charge < -0.3 is 5.73 Å². The van der Waals surface area contributed by atoms with Crippen molar-refractivity contribution < 1.29 is 9.59 Å². The largest absolute Gasteiger partial charge is 0.397 e. The van der Waals surface area contributed by atoms with Crippen molar-refractivity contribution in [1.29, 1.82) is 0 Å². The van der Waals surface area contributed by atoms with E-state index in [1.165, 1.54) is 6.20 Å². The number of anilines is 2. The van der Waals surface area contributed by atoms with Gasteiger partial charge in [-0.15, -0.1) is 0 Å². The zero-order valence-corrected chi connectivity index (χ0v) is 9.85. The number of nitrogens with two attached hydrogens (primary N) is 1. The highest BCUT2D eigenvalue weighted by Crippen LogP contribution is 2.34. The van der Waals surface area contributed by atoms with Gasteiger partial charge in [0, 0.05) is 11.1 Å². The number of carbonyl (C=O) groups is 2. The van der Waals surface area contributed by atoms with Gasteiger partial charge in [0.2, 0.25) is 0 Å². The maximum Gasteiger partial charge on any atom is 0.262 e. The highest BCUT2D eigenvalue weighted by molar-refractivity contribution is 6.32. The summed E-state index contributed by atoms with van der Waals surface area (Å²) in [5.41, 5.74) is 7.40. The van der Waals surface area contributed by atoms with Gasteiger partial charge in [0.1, 0.15) is 5.82 Å². The van der Waals surface area contributed by atoms with Crippen LogP contribution in [-0.2, 0) is 9.59 Å². The van der Waals surface area contributed by atoms with Crippen molar-refractivity contribution in [2.75, 3.05) is 10.6 Å². The maximum atomic E-state index is 12.2. The Bertz CT molecular complexity index is 532. The predicted molar refractivity (Wildman–Crippen MR) is 66.6 cm³/mol. The number of amides is 2. The van der Waals surface area contributed by atoms with Gasteiger partial charge in [0.15, 0.2) is 0 Å². The second-order valence-electron chi connectivity index (χ2n) is 4.56. The van der Waals surface area contributed by atoms with Crippen LogP contribution >= 0.6 is 0 Å². The summed E-state index contributed by atoms with van der Waals surface area (Å²) in [6, 6.07) is 3.24. The fourth-order valence-electron chi connectivity index (χ4n) is 2.48. The Kier molecular flexibility index (Phi) is 2.40. The van der Waals surface area contributed by atoms with Crippen LogP contribution in [0.1, 0.15) is 25.7 Å². The van der Waals surface area contributed by atoms with Gasteiger partial charge in [-0.1, -0.05) is 0 Å². The third kappa shape index (κ3) is 1.51. The molecule has 1 aromatic rings. The fourth-order valence-corrected chi connectivity index (χ4v) is 2.48. The molecule has 3 rings (SSSR count). The third-order valence-electron chi connectivity index (χ3n) is 3.39. The van der Waals surface area contributed by atoms with Crippen molar-refractivity contribution in [1.82, 2.24) is 4.98 Å². The lowest BCUT2D eigenvalue weighted by atomic mass is 9.93. The van der Waals surface area contributed by atoms with Gasteiger partial charge in [-0.25, -0.2) is 9.88 Å². The van der Waals surface area contributed by atoms with E-state index in [2.05, 4.69) is 4.98 Å². The number of carbonyl (C=O) groups excluding carboxylic acids is 2. The SMILES string of the molecule is Nc1ccc(N2C(=O)C3=C(CCCC3)C2=O)nc1. The van der Waals surface area contributed by atoms with Crippen LogP contribution in [0.2, 0.25) is 0 Å². The van der Waals surface area contributed by atoms with Crippen LogP contribution in [0.25, 0.3) is 0 Å². The molecule has 5 heteroatoms. The number of hydrogen-bond acceptors (Lipinski definition) is 4. The van der Waals surface area contributed by atoms with E-state index in [0.717, 1.165) is 17.7 Å². The average Bonchev–Trinajstić information content (AvgIpc) is 2.64. The van der Waals surface area contributed by atoms with E-state index in [0.29, 0.717) is 35.5 Å². The van der Waals surface area contributed by atoms with Crippen LogP contribution in [0.5, 0.6) is 0 Å². The van der Waals surface area contributed by atoms with Crippen LogP contribution in [-0.4, -0.2) is 16.8 Å². The molecule has 2 N–H and O–H groups in total. The van der Waals surface area contributed by atoms with Gasteiger partial charge in [0.25, 0.3) is 11.8 Å². The van der Waals surface area contributed by atoms with Crippen molar-refractivity contribution >= 4 is 23.3 Å². The molecule has 0 saturated heterocycles. The normalized spacial score (nSPS) is 19.4. The van der Waals surface area contributed by atoms with Gasteiger partial charge >= 0.3 is 0 Å². The van der Waals surface area contributed by atoms with Crippen LogP contribution in [0.4, 0.5) is 11.5 Å². The summed E-state index contributed by atoms with van der Waals surface area (Å²) < 4.78 is 0. The fraction of sp³-hybridized carbons (Fsp3) is 0.308. The summed E-state index contributed by atoms with van der Waals surface area (Å²) in [6.45, 7) is 0. The lowest BCUT2D eigenvalue weighted by molar-refractivity contribution is -0.120. The molecular weight excluding hydrogens is 230 g/mol. The second kappa shape index (κ2) is 3.94. The Balaban J connectivity index is 1.99. The van der Waals surface area contributed by atoms with Gasteiger partial charge in [-0.05, 0) is 37.8 Å². The first kappa shape index (κ1) is 11.0. The van der Waals surface area contributed by atoms with E-state index < -0.39 is 0 Å². The molecule has 92 valence electrons. The van der Waals surface area contributed by atoms with Crippen molar-refractivity contribution in [2.24, 2.45) is 0 Å². The topological polar surface area (TPSA) is 76.3 Å². The molecule has 1 aliphatic heterocycles. The minimum absolute atomic E-state index is 0.216. The van der Waals surface area contributed by atoms with Gasteiger partial charge in [0.05, 0.1) is 11.9 Å². The first-order valence-corrected chi connectivity index (χ1v) is 6.01. The monoisotopic (exact) mass is 243 g/mol. The number of rotatable bonds is 1. The van der Waals surface area contributed by atoms with Crippen LogP contribution in [0, 0.1) is 0 Å². The molecule has 0 bridgehead atoms. The smallest absolute Gasteiger partial charge is 0.262 e. The molecule has 2 aliphatic rings. The zero-order chi connectivity index (χ0) is 12.7. The minimum atomic E-state index is -0.216. The Morgan fingerprint density at radius 1 is 1.06 bits per heavy atom. The Hall–Kier alpha value is -2.17. The molecule has 1 aromatic heterocycles. The van der Waals surface area contributed by atoms with Crippen LogP contribution in [0.3, 0.4) is 0 Å². The van der Waals surface area contributed by atoms with E-state index in [-0.39, 0.29) is 11.8 Å². The molecule has 0 atom stereocenters. The number of aromatic nitrogens is 1. The molecular formula is C13H13N3O2. The highest BCUT2D eigenvalue weighted by Gasteiger charge is 2.40. The second-order valence-corrected chi connectivity index (χ2v) is 4.56. The molecule has 5 nitrogen and oxygen atoms in total. The summed E-state index contributed by atoms with van der Waals surface area (Å²) in [5.74, 6) is -0.0763. The van der Waals surface area contributed by atoms with E-state index in [4.69, 9.17) is 5.73 Å². The molecule has 0 saturated carbocycles. The Morgan fingerprint density at radius 2 is 1.67 bits per heavy atom. The molecule has 0 aromatic carbocycles. The van der Waals surface area contributed by atoms with Crippen LogP contribution in [0.15, 0.2) is 29.5 Å². The van der Waals surface area contributed by atoms with Crippen molar-refractivity contribution in [2.45, 2.75) is 25.7 Å². The number of nitrogens with zero attached hydrogens (tertiary/aromatic N) is 2. The molecule has 18 heavy (non-hydrogen) atoms. The quantitative estimate of drug-likeness (QED) is 0.756. The van der Waals surface area contributed by atoms with Gasteiger partial charge in [-0.3, -0.25) is 9.59 Å². The predicted octanol–water partition coefficient (Wildman–Crippen LogP) is 1.41. The lowest BCUT2D eigenvalue weighted by Gasteiger charge is -2.13. The molecule has 2 amide bonds. The van der Waals surface area contributed by atoms with E-state index >= 15 is 0 Å². The highest BCUT2D eigenvalue weighted by atomic mass is 16.2. The summed E-state index contributed by atoms with van der Waals surface area (Å²) >= 11 is 0. The minimum Gasteiger partial charge on any atom is -0.397 e. The molecule has 1 aliphatic carbocycles. The van der Waals surface area contributed by atoms with Crippen molar-refractivity contribution in [3.05, 3.63) is 29.5 Å². The molecule has 0 spiro atoms. The number of imide groups is 1. The first-order chi connectivity index (χ1) is 8.68. The molecule has 0 fully saturated rings. The van der Waals surface area contributed by atoms with Gasteiger partial charge in [-0.2, -0.15) is 0 Å². The summed E-state index contributed by atoms with van der Waals surface area (Å²) in [7, 11) is 0. The van der Waals surface area contributed by atoms with Crippen molar-refractivity contribution in [3.63, 3.8) is 0 Å². The third-order valence-corrected chi connectivity index (χ3v) is 3.39. The molecule has 0 radical (unpaired) electrons. The molecule has 0 unspecified atom stereocenters. The summed E-state index contributed by atoms with van der Waals surface area (Å²) in [5, 5.41) is 0. The first-order valence-electron chi connectivity index (χ1n) is 6.01. The van der Waals surface area contributed by atoms with E-state index in [9.17, 15) is 9.59 Å².